The molecule has 20 heavy (non-hydrogen) atoms. The number of nitrogens with one attached hydrogen (secondary N) is 2. The topological polar surface area (TPSA) is 59.6 Å². The van der Waals surface area contributed by atoms with Gasteiger partial charge in [0.15, 0.2) is 6.61 Å². The van der Waals surface area contributed by atoms with Crippen LogP contribution in [0.5, 0.6) is 5.75 Å². The Labute approximate surface area is 124 Å². The van der Waals surface area contributed by atoms with Gasteiger partial charge in [-0.25, -0.2) is 0 Å². The molecule has 0 aliphatic carbocycles. The molecule has 0 heterocycles. The summed E-state index contributed by atoms with van der Waals surface area (Å²) in [6.45, 7) is 4.43. The van der Waals surface area contributed by atoms with Gasteiger partial charge < -0.3 is 20.1 Å². The van der Waals surface area contributed by atoms with Crippen molar-refractivity contribution in [2.75, 3.05) is 33.4 Å². The molecule has 0 spiro atoms. The number of hydrogen-bond acceptors (Lipinski definition) is 4. The summed E-state index contributed by atoms with van der Waals surface area (Å²) in [5.74, 6) is 0.520. The summed E-state index contributed by atoms with van der Waals surface area (Å²) in [4.78, 5) is 11.4. The van der Waals surface area contributed by atoms with Crippen LogP contribution >= 0.6 is 11.6 Å². The van der Waals surface area contributed by atoms with Crippen LogP contribution in [-0.2, 0) is 16.1 Å². The zero-order valence-corrected chi connectivity index (χ0v) is 12.6. The maximum Gasteiger partial charge on any atom is 0.257 e. The fraction of sp³-hybridized carbons (Fsp3) is 0.500. The smallest absolute Gasteiger partial charge is 0.257 e. The quantitative estimate of drug-likeness (QED) is 0.680. The number of carbonyl (C=O) groups excluding carboxylic acids is 1. The molecule has 0 saturated carbocycles. The zero-order valence-electron chi connectivity index (χ0n) is 11.9. The lowest BCUT2D eigenvalue weighted by Gasteiger charge is -2.12. The highest BCUT2D eigenvalue weighted by Gasteiger charge is 2.07. The van der Waals surface area contributed by atoms with Gasteiger partial charge in [-0.2, -0.15) is 0 Å². The number of benzene rings is 1. The molecule has 112 valence electrons. The van der Waals surface area contributed by atoms with Crippen LogP contribution in [-0.4, -0.2) is 39.3 Å². The van der Waals surface area contributed by atoms with Gasteiger partial charge in [0, 0.05) is 37.3 Å². The monoisotopic (exact) mass is 300 g/mol. The average Bonchev–Trinajstić information content (AvgIpc) is 2.43. The Morgan fingerprint density at radius 1 is 1.40 bits per heavy atom. The van der Waals surface area contributed by atoms with Crippen LogP contribution in [0.4, 0.5) is 0 Å². The predicted octanol–water partition coefficient (Wildman–Crippen LogP) is 1.59. The third-order valence-electron chi connectivity index (χ3n) is 2.55. The molecule has 0 aliphatic heterocycles. The molecule has 0 aliphatic rings. The summed E-state index contributed by atoms with van der Waals surface area (Å²) in [5, 5.41) is 6.54. The molecule has 1 aromatic rings. The third kappa shape index (κ3) is 6.23. The van der Waals surface area contributed by atoms with E-state index in [0.717, 1.165) is 12.1 Å². The van der Waals surface area contributed by atoms with Gasteiger partial charge >= 0.3 is 0 Å². The fourth-order valence-electron chi connectivity index (χ4n) is 1.62. The molecule has 0 fully saturated rings. The second-order valence-electron chi connectivity index (χ2n) is 4.16. The molecule has 5 nitrogen and oxygen atoms in total. The molecule has 2 N–H and O–H groups in total. The number of rotatable bonds is 9. The zero-order chi connectivity index (χ0) is 14.8. The SMILES string of the molecule is CCNC(=O)COc1ccc(Cl)cc1CNCCOC. The van der Waals surface area contributed by atoms with E-state index in [1.165, 1.54) is 0 Å². The first-order valence-corrected chi connectivity index (χ1v) is 6.92. The maximum absolute atomic E-state index is 11.4. The van der Waals surface area contributed by atoms with E-state index in [1.807, 2.05) is 13.0 Å². The predicted molar refractivity (Wildman–Crippen MR) is 79.2 cm³/mol. The van der Waals surface area contributed by atoms with E-state index in [1.54, 1.807) is 19.2 Å². The number of amides is 1. The summed E-state index contributed by atoms with van der Waals surface area (Å²) < 4.78 is 10.5. The second kappa shape index (κ2) is 9.58. The van der Waals surface area contributed by atoms with E-state index in [9.17, 15) is 4.79 Å². The molecule has 1 rings (SSSR count). The van der Waals surface area contributed by atoms with Gasteiger partial charge in [-0.15, -0.1) is 0 Å². The highest BCUT2D eigenvalue weighted by molar-refractivity contribution is 6.30. The number of ether oxygens (including phenoxy) is 2. The number of likely N-dealkylation sites (N-methyl/N-ethyl adjacent to an activating group) is 1. The minimum absolute atomic E-state index is 0.000539. The molecule has 6 heteroatoms. The van der Waals surface area contributed by atoms with Gasteiger partial charge in [0.1, 0.15) is 5.75 Å². The average molecular weight is 301 g/mol. The van der Waals surface area contributed by atoms with E-state index in [-0.39, 0.29) is 12.5 Å². The lowest BCUT2D eigenvalue weighted by Crippen LogP contribution is -2.28. The van der Waals surface area contributed by atoms with Crippen LogP contribution in [0.2, 0.25) is 5.02 Å². The summed E-state index contributed by atoms with van der Waals surface area (Å²) in [6, 6.07) is 5.34. The van der Waals surface area contributed by atoms with Crippen molar-refractivity contribution in [1.82, 2.24) is 10.6 Å². The van der Waals surface area contributed by atoms with Gasteiger partial charge in [-0.05, 0) is 25.1 Å². The Hall–Kier alpha value is -1.30. The minimum atomic E-state index is -0.138. The first-order chi connectivity index (χ1) is 9.67. The van der Waals surface area contributed by atoms with E-state index < -0.39 is 0 Å². The molecule has 1 amide bonds. The van der Waals surface area contributed by atoms with E-state index in [2.05, 4.69) is 10.6 Å². The number of methoxy groups -OCH3 is 1. The molecule has 0 bridgehead atoms. The summed E-state index contributed by atoms with van der Waals surface area (Å²) in [7, 11) is 1.65. The summed E-state index contributed by atoms with van der Waals surface area (Å²) >= 11 is 5.98. The molecule has 0 aromatic heterocycles. The standard InChI is InChI=1S/C14H21ClN2O3/c1-3-17-14(18)10-20-13-5-4-12(15)8-11(13)9-16-6-7-19-2/h4-5,8,16H,3,6-7,9-10H2,1-2H3,(H,17,18). The largest absolute Gasteiger partial charge is 0.483 e. The fourth-order valence-corrected chi connectivity index (χ4v) is 1.81. The summed E-state index contributed by atoms with van der Waals surface area (Å²) in [6.07, 6.45) is 0. The van der Waals surface area contributed by atoms with Crippen molar-refractivity contribution in [1.29, 1.82) is 0 Å². The van der Waals surface area contributed by atoms with Crippen LogP contribution < -0.4 is 15.4 Å². The van der Waals surface area contributed by atoms with Crippen molar-refractivity contribution < 1.29 is 14.3 Å². The van der Waals surface area contributed by atoms with Crippen molar-refractivity contribution in [3.05, 3.63) is 28.8 Å². The van der Waals surface area contributed by atoms with E-state index in [4.69, 9.17) is 21.1 Å². The molecular weight excluding hydrogens is 280 g/mol. The minimum Gasteiger partial charge on any atom is -0.483 e. The van der Waals surface area contributed by atoms with E-state index >= 15 is 0 Å². The van der Waals surface area contributed by atoms with Gasteiger partial charge in [-0.1, -0.05) is 11.6 Å². The van der Waals surface area contributed by atoms with Crippen molar-refractivity contribution in [2.45, 2.75) is 13.5 Å². The molecule has 1 aromatic carbocycles. The highest BCUT2D eigenvalue weighted by Crippen LogP contribution is 2.22. The molecule has 0 atom stereocenters. The lowest BCUT2D eigenvalue weighted by molar-refractivity contribution is -0.122. The van der Waals surface area contributed by atoms with Crippen LogP contribution in [0.15, 0.2) is 18.2 Å². The maximum atomic E-state index is 11.4. The van der Waals surface area contributed by atoms with Crippen LogP contribution in [0.3, 0.4) is 0 Å². The highest BCUT2D eigenvalue weighted by atomic mass is 35.5. The number of hydrogen-bond donors (Lipinski definition) is 2. The molecular formula is C14H21ClN2O3. The third-order valence-corrected chi connectivity index (χ3v) is 2.79. The molecule has 0 saturated heterocycles. The van der Waals surface area contributed by atoms with Gasteiger partial charge in [-0.3, -0.25) is 4.79 Å². The van der Waals surface area contributed by atoms with Crippen molar-refractivity contribution >= 4 is 17.5 Å². The van der Waals surface area contributed by atoms with Crippen LogP contribution in [0, 0.1) is 0 Å². The molecule has 0 radical (unpaired) electrons. The van der Waals surface area contributed by atoms with Crippen LogP contribution in [0.1, 0.15) is 12.5 Å². The van der Waals surface area contributed by atoms with E-state index in [0.29, 0.717) is 30.5 Å². The van der Waals surface area contributed by atoms with Crippen molar-refractivity contribution in [3.8, 4) is 5.75 Å². The Morgan fingerprint density at radius 2 is 2.20 bits per heavy atom. The van der Waals surface area contributed by atoms with Crippen molar-refractivity contribution in [2.24, 2.45) is 0 Å². The van der Waals surface area contributed by atoms with Gasteiger partial charge in [0.05, 0.1) is 6.61 Å². The Morgan fingerprint density at radius 3 is 2.90 bits per heavy atom. The molecule has 0 unspecified atom stereocenters. The normalized spacial score (nSPS) is 10.3. The van der Waals surface area contributed by atoms with Crippen LogP contribution in [0.25, 0.3) is 0 Å². The Balaban J connectivity index is 2.57. The lowest BCUT2D eigenvalue weighted by atomic mass is 10.2. The number of halogens is 1. The van der Waals surface area contributed by atoms with Crippen molar-refractivity contribution in [3.63, 3.8) is 0 Å². The summed E-state index contributed by atoms with van der Waals surface area (Å²) in [5.41, 5.74) is 0.915. The Kier molecular flexibility index (Phi) is 8.02. The van der Waals surface area contributed by atoms with Gasteiger partial charge in [0.2, 0.25) is 0 Å². The second-order valence-corrected chi connectivity index (χ2v) is 4.60. The van der Waals surface area contributed by atoms with Gasteiger partial charge in [0.25, 0.3) is 5.91 Å². The Bertz CT molecular complexity index is 427. The first kappa shape index (κ1) is 16.8. The first-order valence-electron chi connectivity index (χ1n) is 6.55. The number of carbonyl (C=O) groups is 1.